The zero-order valence-electron chi connectivity index (χ0n) is 9.80. The van der Waals surface area contributed by atoms with Crippen molar-refractivity contribution in [3.05, 3.63) is 71.2 Å². The molecule has 0 amide bonds. The lowest BCUT2D eigenvalue weighted by atomic mass is 10.2. The van der Waals surface area contributed by atoms with E-state index in [0.717, 1.165) is 10.8 Å². The van der Waals surface area contributed by atoms with Crippen LogP contribution in [-0.4, -0.2) is 14.5 Å². The van der Waals surface area contributed by atoms with Gasteiger partial charge in [0.2, 0.25) is 5.82 Å². The highest BCUT2D eigenvalue weighted by Gasteiger charge is 2.13. The van der Waals surface area contributed by atoms with Gasteiger partial charge in [0.25, 0.3) is 11.2 Å². The van der Waals surface area contributed by atoms with Gasteiger partial charge in [0, 0.05) is 6.07 Å². The summed E-state index contributed by atoms with van der Waals surface area (Å²) in [6.07, 6.45) is 0.759. The molecule has 0 saturated carbocycles. The van der Waals surface area contributed by atoms with Gasteiger partial charge in [0.1, 0.15) is 0 Å². The minimum atomic E-state index is -1.10. The summed E-state index contributed by atoms with van der Waals surface area (Å²) in [7, 11) is 0. The van der Waals surface area contributed by atoms with Crippen molar-refractivity contribution >= 4 is 21.6 Å². The molecule has 1 heterocycles. The van der Waals surface area contributed by atoms with Crippen LogP contribution in [0.2, 0.25) is 0 Å². The molecule has 0 radical (unpaired) electrons. The first-order valence-electron chi connectivity index (χ1n) is 5.30. The lowest BCUT2D eigenvalue weighted by molar-refractivity contribution is -0.385. The summed E-state index contributed by atoms with van der Waals surface area (Å²) in [5, 5.41) is 10.8. The predicted octanol–water partition coefficient (Wildman–Crippen LogP) is 1.39. The summed E-state index contributed by atoms with van der Waals surface area (Å²) in [6, 6.07) is 4.27. The van der Waals surface area contributed by atoms with E-state index in [9.17, 15) is 24.1 Å². The van der Waals surface area contributed by atoms with Gasteiger partial charge in [0.15, 0.2) is 0 Å². The van der Waals surface area contributed by atoms with Crippen LogP contribution in [0.15, 0.2) is 38.5 Å². The van der Waals surface area contributed by atoms with E-state index >= 15 is 0 Å². The maximum absolute atomic E-state index is 13.1. The Balaban J connectivity index is 2.43. The van der Waals surface area contributed by atoms with E-state index in [4.69, 9.17) is 0 Å². The molecular formula is C11H7BrFN3O4. The molecule has 0 saturated heterocycles. The van der Waals surface area contributed by atoms with Crippen molar-refractivity contribution in [2.75, 3.05) is 0 Å². The number of halogens is 2. The molecule has 104 valence electrons. The van der Waals surface area contributed by atoms with Crippen LogP contribution in [0.3, 0.4) is 0 Å². The van der Waals surface area contributed by atoms with E-state index < -0.39 is 22.0 Å². The lowest BCUT2D eigenvalue weighted by Gasteiger charge is -2.05. The maximum atomic E-state index is 13.1. The van der Waals surface area contributed by atoms with E-state index in [-0.39, 0.29) is 12.2 Å². The van der Waals surface area contributed by atoms with Gasteiger partial charge in [0.05, 0.1) is 22.1 Å². The van der Waals surface area contributed by atoms with E-state index in [2.05, 4.69) is 15.9 Å². The summed E-state index contributed by atoms with van der Waals surface area (Å²) in [5.74, 6) is -1.10. The molecular weight excluding hydrogens is 337 g/mol. The third-order valence-corrected chi connectivity index (χ3v) is 3.20. The minimum Gasteiger partial charge on any atom is -0.293 e. The highest BCUT2D eigenvalue weighted by molar-refractivity contribution is 9.10. The normalized spacial score (nSPS) is 10.5. The van der Waals surface area contributed by atoms with Gasteiger partial charge in [-0.2, -0.15) is 4.39 Å². The standard InChI is InChI=1S/C11H7BrFN3O4/c12-7-2-1-6(3-9(7)16(19)20)4-15-5-8(13)10(17)14-11(15)18/h1-3,5H,4H2,(H,14,17,18). The highest BCUT2D eigenvalue weighted by Crippen LogP contribution is 2.25. The number of aromatic nitrogens is 2. The zero-order chi connectivity index (χ0) is 14.9. The molecule has 20 heavy (non-hydrogen) atoms. The van der Waals surface area contributed by atoms with Crippen LogP contribution < -0.4 is 11.2 Å². The minimum absolute atomic E-state index is 0.0966. The number of nitrogens with one attached hydrogen (secondary N) is 1. The Hall–Kier alpha value is -2.29. The molecule has 1 N–H and O–H groups in total. The van der Waals surface area contributed by atoms with Crippen LogP contribution in [0.25, 0.3) is 0 Å². The molecule has 0 atom stereocenters. The Morgan fingerprint density at radius 3 is 2.75 bits per heavy atom. The Kier molecular flexibility index (Phi) is 3.79. The largest absolute Gasteiger partial charge is 0.328 e. The predicted molar refractivity (Wildman–Crippen MR) is 71.2 cm³/mol. The summed E-state index contributed by atoms with van der Waals surface area (Å²) in [4.78, 5) is 34.4. The van der Waals surface area contributed by atoms with Crippen molar-refractivity contribution in [2.24, 2.45) is 0 Å². The maximum Gasteiger partial charge on any atom is 0.328 e. The van der Waals surface area contributed by atoms with Crippen LogP contribution in [0, 0.1) is 15.9 Å². The Labute approximate surface area is 119 Å². The molecule has 0 spiro atoms. The quantitative estimate of drug-likeness (QED) is 0.672. The summed E-state index contributed by atoms with van der Waals surface area (Å²) < 4.78 is 14.3. The average molecular weight is 344 g/mol. The number of nitro benzene ring substituents is 1. The topological polar surface area (TPSA) is 98.0 Å². The second-order valence-electron chi connectivity index (χ2n) is 3.91. The number of aromatic amines is 1. The van der Waals surface area contributed by atoms with Crippen LogP contribution in [0.4, 0.5) is 10.1 Å². The third-order valence-electron chi connectivity index (χ3n) is 2.53. The number of nitro groups is 1. The smallest absolute Gasteiger partial charge is 0.293 e. The van der Waals surface area contributed by atoms with E-state index in [1.165, 1.54) is 12.1 Å². The third kappa shape index (κ3) is 2.82. The van der Waals surface area contributed by atoms with Gasteiger partial charge in [-0.1, -0.05) is 6.07 Å². The molecule has 0 aliphatic carbocycles. The van der Waals surface area contributed by atoms with Crippen molar-refractivity contribution in [1.82, 2.24) is 9.55 Å². The van der Waals surface area contributed by atoms with E-state index in [0.29, 0.717) is 10.0 Å². The SMILES string of the molecule is O=c1[nH]c(=O)n(Cc2ccc(Br)c([N+](=O)[O-])c2)cc1F. The van der Waals surface area contributed by atoms with Gasteiger partial charge in [-0.25, -0.2) is 4.79 Å². The number of nitrogens with zero attached hydrogens (tertiary/aromatic N) is 2. The molecule has 0 fully saturated rings. The molecule has 0 aliphatic heterocycles. The molecule has 2 rings (SSSR count). The van der Waals surface area contributed by atoms with Gasteiger partial charge >= 0.3 is 5.69 Å². The molecule has 9 heteroatoms. The van der Waals surface area contributed by atoms with Gasteiger partial charge in [-0.05, 0) is 27.6 Å². The van der Waals surface area contributed by atoms with Gasteiger partial charge in [-0.15, -0.1) is 0 Å². The van der Waals surface area contributed by atoms with E-state index in [1.54, 1.807) is 6.07 Å². The number of benzene rings is 1. The summed E-state index contributed by atoms with van der Waals surface area (Å²) >= 11 is 3.03. The van der Waals surface area contributed by atoms with Crippen molar-refractivity contribution in [3.63, 3.8) is 0 Å². The molecule has 0 aliphatic rings. The molecule has 0 bridgehead atoms. The summed E-state index contributed by atoms with van der Waals surface area (Å²) in [5.41, 5.74) is -1.64. The van der Waals surface area contributed by atoms with Crippen molar-refractivity contribution in [2.45, 2.75) is 6.54 Å². The fourth-order valence-corrected chi connectivity index (χ4v) is 1.98. The first-order chi connectivity index (χ1) is 9.38. The molecule has 7 nitrogen and oxygen atoms in total. The Bertz CT molecular complexity index is 799. The Morgan fingerprint density at radius 1 is 1.40 bits per heavy atom. The Morgan fingerprint density at radius 2 is 2.10 bits per heavy atom. The monoisotopic (exact) mass is 343 g/mol. The van der Waals surface area contributed by atoms with Crippen LogP contribution >= 0.6 is 15.9 Å². The van der Waals surface area contributed by atoms with Crippen molar-refractivity contribution < 1.29 is 9.31 Å². The van der Waals surface area contributed by atoms with Crippen molar-refractivity contribution in [3.8, 4) is 0 Å². The van der Waals surface area contributed by atoms with Gasteiger partial charge in [-0.3, -0.25) is 24.5 Å². The molecule has 2 aromatic rings. The average Bonchev–Trinajstić information content (AvgIpc) is 2.37. The first-order valence-corrected chi connectivity index (χ1v) is 6.10. The highest BCUT2D eigenvalue weighted by atomic mass is 79.9. The number of hydrogen-bond acceptors (Lipinski definition) is 4. The second kappa shape index (κ2) is 5.37. The van der Waals surface area contributed by atoms with Gasteiger partial charge < -0.3 is 0 Å². The number of hydrogen-bond donors (Lipinski definition) is 1. The number of H-pyrrole nitrogens is 1. The van der Waals surface area contributed by atoms with Crippen LogP contribution in [0.5, 0.6) is 0 Å². The van der Waals surface area contributed by atoms with Crippen LogP contribution in [-0.2, 0) is 6.54 Å². The lowest BCUT2D eigenvalue weighted by Crippen LogP contribution is -2.31. The number of rotatable bonds is 3. The van der Waals surface area contributed by atoms with Crippen LogP contribution in [0.1, 0.15) is 5.56 Å². The molecule has 1 aromatic carbocycles. The fraction of sp³-hybridized carbons (Fsp3) is 0.0909. The first kappa shape index (κ1) is 14.1. The molecule has 1 aromatic heterocycles. The van der Waals surface area contributed by atoms with Crippen molar-refractivity contribution in [1.29, 1.82) is 0 Å². The zero-order valence-corrected chi connectivity index (χ0v) is 11.4. The molecule has 0 unspecified atom stereocenters. The second-order valence-corrected chi connectivity index (χ2v) is 4.76. The fourth-order valence-electron chi connectivity index (χ4n) is 1.59. The van der Waals surface area contributed by atoms with E-state index in [1.807, 2.05) is 4.98 Å². The summed E-state index contributed by atoms with van der Waals surface area (Å²) in [6.45, 7) is -0.0966.